The van der Waals surface area contributed by atoms with Crippen LogP contribution in [0.5, 0.6) is 5.75 Å². The molecule has 0 bridgehead atoms. The van der Waals surface area contributed by atoms with Crippen LogP contribution in [0.25, 0.3) is 11.0 Å². The minimum atomic E-state index is -1.07. The van der Waals surface area contributed by atoms with Gasteiger partial charge in [-0.05, 0) is 39.0 Å². The molecule has 2 N–H and O–H groups in total. The lowest BCUT2D eigenvalue weighted by Crippen LogP contribution is -2.14. The van der Waals surface area contributed by atoms with E-state index in [1.54, 1.807) is 41.2 Å². The molecule has 0 aliphatic heterocycles. The molecular formula is C19H20N4O4. The van der Waals surface area contributed by atoms with Crippen LogP contribution in [0.3, 0.4) is 0 Å². The maximum Gasteiger partial charge on any atom is 0.341 e. The first-order valence-corrected chi connectivity index (χ1v) is 8.46. The van der Waals surface area contributed by atoms with Gasteiger partial charge in [-0.2, -0.15) is 5.10 Å². The zero-order valence-electron chi connectivity index (χ0n) is 15.3. The topological polar surface area (TPSA) is 106 Å². The molecule has 1 aromatic carbocycles. The molecule has 2 aromatic heterocycles. The number of carboxylic acid groups (broad SMARTS) is 1. The van der Waals surface area contributed by atoms with Crippen molar-refractivity contribution < 1.29 is 19.4 Å². The lowest BCUT2D eigenvalue weighted by Gasteiger charge is -2.10. The zero-order chi connectivity index (χ0) is 19.6. The Kier molecular flexibility index (Phi) is 5.07. The van der Waals surface area contributed by atoms with Crippen molar-refractivity contribution in [1.29, 1.82) is 0 Å². The highest BCUT2D eigenvalue weighted by Crippen LogP contribution is 2.23. The molecule has 0 unspecified atom stereocenters. The summed E-state index contributed by atoms with van der Waals surface area (Å²) in [5, 5.41) is 16.5. The first kappa shape index (κ1) is 18.4. The lowest BCUT2D eigenvalue weighted by molar-refractivity contribution is -0.139. The van der Waals surface area contributed by atoms with Gasteiger partial charge in [0.1, 0.15) is 5.75 Å². The summed E-state index contributed by atoms with van der Waals surface area (Å²) in [5.41, 5.74) is 2.35. The molecule has 0 aliphatic rings. The van der Waals surface area contributed by atoms with E-state index in [1.807, 2.05) is 20.8 Å². The van der Waals surface area contributed by atoms with Gasteiger partial charge in [-0.15, -0.1) is 0 Å². The normalized spacial score (nSPS) is 11.0. The smallest absolute Gasteiger partial charge is 0.341 e. The number of fused-ring (bicyclic) bond motifs is 1. The van der Waals surface area contributed by atoms with Gasteiger partial charge in [0.2, 0.25) is 0 Å². The largest absolute Gasteiger partial charge is 0.482 e. The molecule has 3 aromatic rings. The van der Waals surface area contributed by atoms with Crippen molar-refractivity contribution in [1.82, 2.24) is 14.8 Å². The molecule has 0 atom stereocenters. The number of ether oxygens (including phenoxy) is 1. The number of carboxylic acids is 1. The number of hydrogen-bond acceptors (Lipinski definition) is 5. The Bertz CT molecular complexity index is 1010. The molecule has 8 nitrogen and oxygen atoms in total. The number of aromatic nitrogens is 3. The van der Waals surface area contributed by atoms with Gasteiger partial charge >= 0.3 is 5.97 Å². The summed E-state index contributed by atoms with van der Waals surface area (Å²) in [6, 6.07) is 8.42. The number of aliphatic carboxylic acids is 1. The van der Waals surface area contributed by atoms with Gasteiger partial charge in [-0.25, -0.2) is 14.5 Å². The van der Waals surface area contributed by atoms with Gasteiger partial charge < -0.3 is 15.2 Å². The number of pyridine rings is 1. The minimum absolute atomic E-state index is 0.121. The number of amides is 1. The van der Waals surface area contributed by atoms with Crippen LogP contribution in [0.1, 0.15) is 35.9 Å². The molecule has 0 saturated carbocycles. The molecule has 3 rings (SSSR count). The number of benzene rings is 1. The Morgan fingerprint density at radius 3 is 2.78 bits per heavy atom. The number of hydrogen-bond donors (Lipinski definition) is 2. The number of nitrogens with one attached hydrogen (secondary N) is 1. The third kappa shape index (κ3) is 4.05. The van der Waals surface area contributed by atoms with E-state index in [2.05, 4.69) is 15.4 Å². The minimum Gasteiger partial charge on any atom is -0.482 e. The molecule has 8 heteroatoms. The van der Waals surface area contributed by atoms with Crippen LogP contribution in [0.15, 0.2) is 36.5 Å². The summed E-state index contributed by atoms with van der Waals surface area (Å²) >= 11 is 0. The van der Waals surface area contributed by atoms with Crippen LogP contribution in [0.2, 0.25) is 0 Å². The summed E-state index contributed by atoms with van der Waals surface area (Å²) in [6.07, 6.45) is 1.64. The van der Waals surface area contributed by atoms with Gasteiger partial charge in [-0.1, -0.05) is 6.07 Å². The molecular weight excluding hydrogens is 348 g/mol. The fraction of sp³-hybridized carbons (Fsp3) is 0.263. The fourth-order valence-corrected chi connectivity index (χ4v) is 2.72. The maximum absolute atomic E-state index is 12.8. The van der Waals surface area contributed by atoms with Crippen molar-refractivity contribution in [3.63, 3.8) is 0 Å². The van der Waals surface area contributed by atoms with Crippen molar-refractivity contribution in [2.75, 3.05) is 11.9 Å². The Labute approximate surface area is 155 Å². The van der Waals surface area contributed by atoms with E-state index in [-0.39, 0.29) is 11.9 Å². The van der Waals surface area contributed by atoms with Crippen LogP contribution in [-0.4, -0.2) is 38.4 Å². The summed E-state index contributed by atoms with van der Waals surface area (Å²) in [7, 11) is 0. The Morgan fingerprint density at radius 2 is 2.07 bits per heavy atom. The number of aryl methyl sites for hydroxylation is 1. The quantitative estimate of drug-likeness (QED) is 0.693. The van der Waals surface area contributed by atoms with E-state index in [0.29, 0.717) is 33.7 Å². The molecule has 2 heterocycles. The summed E-state index contributed by atoms with van der Waals surface area (Å²) < 4.78 is 6.92. The average Bonchev–Trinajstić information content (AvgIpc) is 3.03. The molecule has 1 amide bonds. The number of rotatable bonds is 6. The van der Waals surface area contributed by atoms with Crippen LogP contribution >= 0.6 is 0 Å². The predicted molar refractivity (Wildman–Crippen MR) is 100 cm³/mol. The Balaban J connectivity index is 1.89. The summed E-state index contributed by atoms with van der Waals surface area (Å²) in [5.74, 6) is -1.01. The van der Waals surface area contributed by atoms with E-state index in [9.17, 15) is 9.59 Å². The van der Waals surface area contributed by atoms with Gasteiger partial charge in [0.25, 0.3) is 5.91 Å². The highest BCUT2D eigenvalue weighted by atomic mass is 16.5. The second-order valence-electron chi connectivity index (χ2n) is 6.40. The molecule has 0 saturated heterocycles. The molecule has 0 aliphatic carbocycles. The van der Waals surface area contributed by atoms with Gasteiger partial charge in [0.15, 0.2) is 12.3 Å². The molecule has 27 heavy (non-hydrogen) atoms. The van der Waals surface area contributed by atoms with Crippen molar-refractivity contribution in [3.05, 3.63) is 47.8 Å². The first-order chi connectivity index (χ1) is 12.8. The third-order valence-electron chi connectivity index (χ3n) is 3.88. The second kappa shape index (κ2) is 7.45. The van der Waals surface area contributed by atoms with Crippen molar-refractivity contribution in [2.45, 2.75) is 26.8 Å². The van der Waals surface area contributed by atoms with Crippen LogP contribution in [-0.2, 0) is 4.79 Å². The van der Waals surface area contributed by atoms with E-state index in [0.717, 1.165) is 0 Å². The number of carbonyl (C=O) groups is 2. The third-order valence-corrected chi connectivity index (χ3v) is 3.88. The molecule has 0 fully saturated rings. The highest BCUT2D eigenvalue weighted by molar-refractivity contribution is 6.12. The first-order valence-electron chi connectivity index (χ1n) is 8.46. The summed E-state index contributed by atoms with van der Waals surface area (Å²) in [4.78, 5) is 28.0. The van der Waals surface area contributed by atoms with E-state index < -0.39 is 12.6 Å². The standard InChI is InChI=1S/C19H20N4O4/c1-11(2)23-18-16(9-20-23)15(7-12(3)21-18)19(26)22-13-5-4-6-14(8-13)27-10-17(24)25/h4-9,11H,10H2,1-3H3,(H,22,26)(H,24,25). The Hall–Kier alpha value is -3.42. The number of nitrogens with zero attached hydrogens (tertiary/aromatic N) is 3. The molecule has 0 radical (unpaired) electrons. The lowest BCUT2D eigenvalue weighted by atomic mass is 10.1. The maximum atomic E-state index is 12.8. The molecule has 0 spiro atoms. The van der Waals surface area contributed by atoms with Gasteiger partial charge in [0, 0.05) is 23.5 Å². The van der Waals surface area contributed by atoms with Crippen molar-refractivity contribution in [2.24, 2.45) is 0 Å². The fourth-order valence-electron chi connectivity index (χ4n) is 2.72. The number of carbonyl (C=O) groups excluding carboxylic acids is 1. The van der Waals surface area contributed by atoms with Crippen LogP contribution in [0.4, 0.5) is 5.69 Å². The Morgan fingerprint density at radius 1 is 1.30 bits per heavy atom. The SMILES string of the molecule is Cc1cc(C(=O)Nc2cccc(OCC(=O)O)c2)c2cnn(C(C)C)c2n1. The van der Waals surface area contributed by atoms with E-state index in [4.69, 9.17) is 9.84 Å². The van der Waals surface area contributed by atoms with Crippen LogP contribution in [0, 0.1) is 6.92 Å². The predicted octanol–water partition coefficient (Wildman–Crippen LogP) is 3.04. The van der Waals surface area contributed by atoms with E-state index >= 15 is 0 Å². The van der Waals surface area contributed by atoms with E-state index in [1.165, 1.54) is 0 Å². The van der Waals surface area contributed by atoms with Crippen molar-refractivity contribution in [3.8, 4) is 5.75 Å². The second-order valence-corrected chi connectivity index (χ2v) is 6.40. The monoisotopic (exact) mass is 368 g/mol. The number of anilines is 1. The average molecular weight is 368 g/mol. The van der Waals surface area contributed by atoms with Gasteiger partial charge in [0.05, 0.1) is 17.1 Å². The van der Waals surface area contributed by atoms with Crippen molar-refractivity contribution >= 4 is 28.6 Å². The highest BCUT2D eigenvalue weighted by Gasteiger charge is 2.17. The zero-order valence-corrected chi connectivity index (χ0v) is 15.3. The summed E-state index contributed by atoms with van der Waals surface area (Å²) in [6.45, 7) is 5.38. The van der Waals surface area contributed by atoms with Gasteiger partial charge in [-0.3, -0.25) is 4.79 Å². The van der Waals surface area contributed by atoms with Crippen LogP contribution < -0.4 is 10.1 Å². The molecule has 140 valence electrons.